The van der Waals surface area contributed by atoms with Crippen LogP contribution in [0.5, 0.6) is 5.75 Å². The smallest absolute Gasteiger partial charge is 0.222 e. The number of rotatable bonds is 5. The molecule has 0 N–H and O–H groups in total. The molecule has 1 atom stereocenters. The summed E-state index contributed by atoms with van der Waals surface area (Å²) in [6.45, 7) is 3.12. The number of carbonyl (C=O) groups is 1. The Morgan fingerprint density at radius 1 is 1.03 bits per heavy atom. The molecule has 2 aromatic rings. The second-order valence-electron chi connectivity index (χ2n) is 9.17. The maximum Gasteiger partial charge on any atom is 0.222 e. The molecule has 0 radical (unpaired) electrons. The van der Waals surface area contributed by atoms with Crippen molar-refractivity contribution in [1.29, 1.82) is 0 Å². The third kappa shape index (κ3) is 3.77. The van der Waals surface area contributed by atoms with E-state index in [1.165, 1.54) is 36.6 Å². The van der Waals surface area contributed by atoms with Gasteiger partial charge in [0.05, 0.1) is 5.52 Å². The summed E-state index contributed by atoms with van der Waals surface area (Å²) in [4.78, 5) is 16.2. The van der Waals surface area contributed by atoms with Gasteiger partial charge in [-0.1, -0.05) is 18.9 Å². The van der Waals surface area contributed by atoms with Gasteiger partial charge in [-0.25, -0.2) is 0 Å². The first kappa shape index (κ1) is 19.0. The Balaban J connectivity index is 1.20. The van der Waals surface area contributed by atoms with Gasteiger partial charge in [-0.15, -0.1) is 0 Å². The van der Waals surface area contributed by atoms with Gasteiger partial charge in [0.15, 0.2) is 0 Å². The fourth-order valence-electron chi connectivity index (χ4n) is 5.53. The molecule has 3 aliphatic rings. The molecule has 5 nitrogen and oxygen atoms in total. The summed E-state index contributed by atoms with van der Waals surface area (Å²) in [7, 11) is 1.95. The van der Waals surface area contributed by atoms with E-state index in [-0.39, 0.29) is 6.10 Å². The molecule has 0 spiro atoms. The summed E-state index contributed by atoms with van der Waals surface area (Å²) < 4.78 is 8.97. The molecule has 29 heavy (non-hydrogen) atoms. The van der Waals surface area contributed by atoms with Crippen molar-refractivity contribution in [2.75, 3.05) is 26.7 Å². The van der Waals surface area contributed by atoms with E-state index in [2.05, 4.69) is 39.9 Å². The summed E-state index contributed by atoms with van der Waals surface area (Å²) in [5, 5.41) is 1.26. The molecule has 5 heteroatoms. The number of nitrogens with zero attached hydrogens (tertiary/aromatic N) is 3. The lowest BCUT2D eigenvalue weighted by Crippen LogP contribution is -2.45. The van der Waals surface area contributed by atoms with Crippen molar-refractivity contribution < 1.29 is 9.53 Å². The van der Waals surface area contributed by atoms with E-state index in [1.807, 2.05) is 11.9 Å². The Morgan fingerprint density at radius 2 is 1.83 bits per heavy atom. The first-order valence-electron chi connectivity index (χ1n) is 11.4. The van der Waals surface area contributed by atoms with Crippen LogP contribution in [0.1, 0.15) is 57.4 Å². The normalized spacial score (nSPS) is 24.8. The molecule has 5 rings (SSSR count). The van der Waals surface area contributed by atoms with E-state index in [1.54, 1.807) is 0 Å². The Hall–Kier alpha value is -2.01. The van der Waals surface area contributed by atoms with Crippen molar-refractivity contribution in [1.82, 2.24) is 14.4 Å². The van der Waals surface area contributed by atoms with E-state index in [0.717, 1.165) is 44.6 Å². The number of fused-ring (bicyclic) bond motifs is 1. The minimum absolute atomic E-state index is 0.287. The number of hydrogen-bond donors (Lipinski definition) is 0. The predicted molar refractivity (Wildman–Crippen MR) is 115 cm³/mol. The molecular formula is C24H33N3O2. The molecule has 0 bridgehead atoms. The van der Waals surface area contributed by atoms with E-state index < -0.39 is 0 Å². The van der Waals surface area contributed by atoms with Crippen LogP contribution in [0.25, 0.3) is 10.9 Å². The van der Waals surface area contributed by atoms with E-state index >= 15 is 0 Å². The van der Waals surface area contributed by atoms with Crippen LogP contribution in [0.2, 0.25) is 0 Å². The standard InChI is InChI=1S/C24H33N3O2/c1-25-19(9-10-24(25)28)17-26-14-11-20(12-15-26)29-23-8-4-7-22-21(23)13-16-27(22)18-5-2-3-6-18/h4,7-8,13,16,18-20H,2-3,5-6,9-12,14-15,17H2,1H3. The maximum absolute atomic E-state index is 11.8. The lowest BCUT2D eigenvalue weighted by atomic mass is 10.1. The summed E-state index contributed by atoms with van der Waals surface area (Å²) in [5.74, 6) is 1.34. The highest BCUT2D eigenvalue weighted by atomic mass is 16.5. The van der Waals surface area contributed by atoms with Crippen LogP contribution in [0, 0.1) is 0 Å². The van der Waals surface area contributed by atoms with E-state index in [9.17, 15) is 4.79 Å². The van der Waals surface area contributed by atoms with Crippen LogP contribution in [0.4, 0.5) is 0 Å². The Labute approximate surface area is 173 Å². The molecule has 2 aliphatic heterocycles. The van der Waals surface area contributed by atoms with Crippen molar-refractivity contribution in [3.05, 3.63) is 30.5 Å². The molecular weight excluding hydrogens is 362 g/mol. The molecule has 156 valence electrons. The van der Waals surface area contributed by atoms with Crippen LogP contribution < -0.4 is 4.74 Å². The second kappa shape index (κ2) is 8.02. The first-order valence-corrected chi connectivity index (χ1v) is 11.4. The Bertz CT molecular complexity index is 862. The second-order valence-corrected chi connectivity index (χ2v) is 9.17. The average Bonchev–Trinajstić information content (AvgIpc) is 3.47. The van der Waals surface area contributed by atoms with Crippen LogP contribution in [0.15, 0.2) is 30.5 Å². The lowest BCUT2D eigenvalue weighted by Gasteiger charge is -2.35. The minimum atomic E-state index is 0.287. The van der Waals surface area contributed by atoms with Gasteiger partial charge in [0.2, 0.25) is 5.91 Å². The lowest BCUT2D eigenvalue weighted by molar-refractivity contribution is -0.127. The minimum Gasteiger partial charge on any atom is -0.490 e. The molecule has 1 aromatic heterocycles. The van der Waals surface area contributed by atoms with E-state index in [4.69, 9.17) is 4.74 Å². The fraction of sp³-hybridized carbons (Fsp3) is 0.625. The number of hydrogen-bond acceptors (Lipinski definition) is 3. The summed E-state index contributed by atoms with van der Waals surface area (Å²) in [6, 6.07) is 9.81. The van der Waals surface area contributed by atoms with Gasteiger partial charge < -0.3 is 19.1 Å². The van der Waals surface area contributed by atoms with Crippen molar-refractivity contribution in [3.8, 4) is 5.75 Å². The zero-order chi connectivity index (χ0) is 19.8. The molecule has 1 amide bonds. The quantitative estimate of drug-likeness (QED) is 0.761. The molecule has 1 aromatic carbocycles. The number of aromatic nitrogens is 1. The number of likely N-dealkylation sites (N-methyl/N-ethyl adjacent to an activating group) is 1. The summed E-state index contributed by atoms with van der Waals surface area (Å²) in [6.07, 6.45) is 11.7. The highest BCUT2D eigenvalue weighted by molar-refractivity contribution is 5.86. The Kier molecular flexibility index (Phi) is 5.25. The molecule has 1 saturated carbocycles. The van der Waals surface area contributed by atoms with Crippen LogP contribution in [-0.2, 0) is 4.79 Å². The largest absolute Gasteiger partial charge is 0.490 e. The third-order valence-corrected chi connectivity index (χ3v) is 7.37. The number of amides is 1. The van der Waals surface area contributed by atoms with Gasteiger partial charge in [0, 0.05) is 56.8 Å². The summed E-state index contributed by atoms with van der Waals surface area (Å²) in [5.41, 5.74) is 1.32. The van der Waals surface area contributed by atoms with Gasteiger partial charge in [0.25, 0.3) is 0 Å². The van der Waals surface area contributed by atoms with Gasteiger partial charge >= 0.3 is 0 Å². The Morgan fingerprint density at radius 3 is 2.55 bits per heavy atom. The highest BCUT2D eigenvalue weighted by Crippen LogP contribution is 2.36. The topological polar surface area (TPSA) is 37.7 Å². The number of benzene rings is 1. The van der Waals surface area contributed by atoms with Gasteiger partial charge in [-0.3, -0.25) is 4.79 Å². The SMILES string of the molecule is CN1C(=O)CCC1CN1CCC(Oc2cccc3c2ccn3C2CCCC2)CC1. The number of ether oxygens (including phenoxy) is 1. The van der Waals surface area contributed by atoms with Crippen LogP contribution in [0.3, 0.4) is 0 Å². The fourth-order valence-corrected chi connectivity index (χ4v) is 5.53. The first-order chi connectivity index (χ1) is 14.2. The van der Waals surface area contributed by atoms with Crippen molar-refractivity contribution >= 4 is 16.8 Å². The average molecular weight is 396 g/mol. The number of carbonyl (C=O) groups excluding carboxylic acids is 1. The highest BCUT2D eigenvalue weighted by Gasteiger charge is 2.31. The van der Waals surface area contributed by atoms with Crippen molar-refractivity contribution in [2.24, 2.45) is 0 Å². The van der Waals surface area contributed by atoms with Gasteiger partial charge in [-0.2, -0.15) is 0 Å². The summed E-state index contributed by atoms with van der Waals surface area (Å²) >= 11 is 0. The molecule has 1 unspecified atom stereocenters. The zero-order valence-corrected chi connectivity index (χ0v) is 17.6. The molecule has 3 heterocycles. The van der Waals surface area contributed by atoms with Gasteiger partial charge in [0.1, 0.15) is 11.9 Å². The van der Waals surface area contributed by atoms with Crippen molar-refractivity contribution in [3.63, 3.8) is 0 Å². The zero-order valence-electron chi connectivity index (χ0n) is 17.6. The third-order valence-electron chi connectivity index (χ3n) is 7.37. The van der Waals surface area contributed by atoms with Gasteiger partial charge in [-0.05, 0) is 50.3 Å². The monoisotopic (exact) mass is 395 g/mol. The van der Waals surface area contributed by atoms with E-state index in [0.29, 0.717) is 24.4 Å². The predicted octanol–water partition coefficient (Wildman–Crippen LogP) is 4.22. The molecule has 3 fully saturated rings. The number of piperidine rings is 1. The van der Waals surface area contributed by atoms with Crippen LogP contribution in [-0.4, -0.2) is 59.1 Å². The molecule has 2 saturated heterocycles. The van der Waals surface area contributed by atoms with Crippen molar-refractivity contribution in [2.45, 2.75) is 69.6 Å². The molecule has 1 aliphatic carbocycles. The maximum atomic E-state index is 11.8. The van der Waals surface area contributed by atoms with Crippen LogP contribution >= 0.6 is 0 Å². The number of likely N-dealkylation sites (tertiary alicyclic amines) is 2.